The van der Waals surface area contributed by atoms with Crippen molar-refractivity contribution in [3.63, 3.8) is 0 Å². The first-order valence-electron chi connectivity index (χ1n) is 9.01. The highest BCUT2D eigenvalue weighted by molar-refractivity contribution is 5.91. The molecule has 0 bridgehead atoms. The molecule has 1 saturated heterocycles. The van der Waals surface area contributed by atoms with Gasteiger partial charge in [0.2, 0.25) is 5.89 Å². The van der Waals surface area contributed by atoms with E-state index < -0.39 is 0 Å². The Hall–Kier alpha value is -2.19. The Kier molecular flexibility index (Phi) is 5.73. The summed E-state index contributed by atoms with van der Waals surface area (Å²) in [4.78, 5) is 21.0. The molecule has 2 aromatic heterocycles. The van der Waals surface area contributed by atoms with Crippen LogP contribution in [0.25, 0.3) is 0 Å². The van der Waals surface area contributed by atoms with E-state index in [1.165, 1.54) is 6.26 Å². The van der Waals surface area contributed by atoms with Gasteiger partial charge >= 0.3 is 0 Å². The van der Waals surface area contributed by atoms with Gasteiger partial charge in [0, 0.05) is 44.7 Å². The Morgan fingerprint density at radius 2 is 1.96 bits per heavy atom. The van der Waals surface area contributed by atoms with Crippen molar-refractivity contribution in [3.8, 4) is 0 Å². The predicted octanol–water partition coefficient (Wildman–Crippen LogP) is 1.51. The third-order valence-electron chi connectivity index (χ3n) is 4.40. The van der Waals surface area contributed by atoms with Gasteiger partial charge in [-0.1, -0.05) is 25.9 Å². The Bertz CT molecular complexity index is 697. The normalized spacial score (nSPS) is 16.7. The average Bonchev–Trinajstić information content (AvgIpc) is 3.27. The minimum atomic E-state index is -0.166. The largest absolute Gasteiger partial charge is 0.459 e. The van der Waals surface area contributed by atoms with Gasteiger partial charge in [-0.15, -0.1) is 0 Å². The number of hydrogen-bond donors (Lipinski definition) is 1. The van der Waals surface area contributed by atoms with Crippen LogP contribution in [0.1, 0.15) is 43.0 Å². The first-order chi connectivity index (χ1) is 12.4. The van der Waals surface area contributed by atoms with Crippen molar-refractivity contribution in [1.29, 1.82) is 0 Å². The maximum absolute atomic E-state index is 11.8. The van der Waals surface area contributed by atoms with Crippen LogP contribution >= 0.6 is 0 Å². The zero-order valence-corrected chi connectivity index (χ0v) is 15.7. The van der Waals surface area contributed by atoms with Crippen molar-refractivity contribution >= 4 is 5.91 Å². The molecule has 0 saturated carbocycles. The van der Waals surface area contributed by atoms with Crippen molar-refractivity contribution in [2.75, 3.05) is 39.3 Å². The predicted molar refractivity (Wildman–Crippen MR) is 95.8 cm³/mol. The maximum atomic E-state index is 11.8. The summed E-state index contributed by atoms with van der Waals surface area (Å²) in [6.45, 7) is 12.2. The molecule has 1 aliphatic heterocycles. The molecule has 26 heavy (non-hydrogen) atoms. The summed E-state index contributed by atoms with van der Waals surface area (Å²) < 4.78 is 10.4. The quantitative estimate of drug-likeness (QED) is 0.834. The van der Waals surface area contributed by atoms with Crippen LogP contribution in [0.3, 0.4) is 0 Å². The number of nitrogens with zero attached hydrogens (tertiary/aromatic N) is 4. The van der Waals surface area contributed by atoms with Crippen LogP contribution in [-0.2, 0) is 12.0 Å². The lowest BCUT2D eigenvalue weighted by Crippen LogP contribution is -2.48. The molecule has 1 fully saturated rings. The highest BCUT2D eigenvalue weighted by atomic mass is 16.5. The fraction of sp³-hybridized carbons (Fsp3) is 0.611. The third kappa shape index (κ3) is 4.92. The van der Waals surface area contributed by atoms with E-state index in [-0.39, 0.29) is 11.3 Å². The molecule has 0 atom stereocenters. The lowest BCUT2D eigenvalue weighted by atomic mass is 9.97. The number of rotatable bonds is 6. The first-order valence-corrected chi connectivity index (χ1v) is 9.01. The van der Waals surface area contributed by atoms with Crippen molar-refractivity contribution in [2.45, 2.75) is 32.7 Å². The standard InChI is InChI=1S/C18H27N5O3/c1-18(2,3)17-20-15(21-26-17)13-23-10-8-22(9-11-23)7-6-19-16(24)14-5-4-12-25-14/h4-5,12H,6-11,13H2,1-3H3,(H,19,24). The number of amides is 1. The van der Waals surface area contributed by atoms with Crippen molar-refractivity contribution in [1.82, 2.24) is 25.3 Å². The van der Waals surface area contributed by atoms with Crippen molar-refractivity contribution in [2.24, 2.45) is 0 Å². The van der Waals surface area contributed by atoms with Crippen LogP contribution in [-0.4, -0.2) is 65.1 Å². The van der Waals surface area contributed by atoms with Crippen molar-refractivity contribution < 1.29 is 13.7 Å². The van der Waals surface area contributed by atoms with Gasteiger partial charge < -0.3 is 14.3 Å². The molecule has 0 aliphatic carbocycles. The van der Waals surface area contributed by atoms with Crippen LogP contribution in [0.2, 0.25) is 0 Å². The highest BCUT2D eigenvalue weighted by Gasteiger charge is 2.23. The molecule has 2 aromatic rings. The number of piperazine rings is 1. The second kappa shape index (κ2) is 8.01. The number of hydrogen-bond acceptors (Lipinski definition) is 7. The van der Waals surface area contributed by atoms with Crippen LogP contribution in [0.4, 0.5) is 0 Å². The van der Waals surface area contributed by atoms with E-state index in [0.29, 0.717) is 24.7 Å². The molecular weight excluding hydrogens is 334 g/mol. The lowest BCUT2D eigenvalue weighted by Gasteiger charge is -2.33. The molecule has 142 valence electrons. The molecular formula is C18H27N5O3. The average molecular weight is 361 g/mol. The molecule has 0 spiro atoms. The van der Waals surface area contributed by atoms with Gasteiger partial charge in [-0.05, 0) is 12.1 Å². The number of carbonyl (C=O) groups excluding carboxylic acids is 1. The summed E-state index contributed by atoms with van der Waals surface area (Å²) in [5.74, 6) is 1.61. The summed E-state index contributed by atoms with van der Waals surface area (Å²) in [6.07, 6.45) is 1.50. The molecule has 1 aliphatic rings. The van der Waals surface area contributed by atoms with E-state index in [2.05, 4.69) is 46.0 Å². The zero-order chi connectivity index (χ0) is 18.6. The smallest absolute Gasteiger partial charge is 0.287 e. The zero-order valence-electron chi connectivity index (χ0n) is 15.7. The monoisotopic (exact) mass is 361 g/mol. The number of furan rings is 1. The third-order valence-corrected chi connectivity index (χ3v) is 4.40. The Morgan fingerprint density at radius 3 is 2.58 bits per heavy atom. The SMILES string of the molecule is CC(C)(C)c1nc(CN2CCN(CCNC(=O)c3ccco3)CC2)no1. The van der Waals surface area contributed by atoms with Gasteiger partial charge in [-0.25, -0.2) is 0 Å². The summed E-state index contributed by atoms with van der Waals surface area (Å²) in [6, 6.07) is 3.37. The Labute approximate surface area is 153 Å². The van der Waals surface area contributed by atoms with E-state index in [9.17, 15) is 4.79 Å². The van der Waals surface area contributed by atoms with E-state index in [4.69, 9.17) is 8.94 Å². The van der Waals surface area contributed by atoms with Gasteiger partial charge in [0.1, 0.15) is 0 Å². The van der Waals surface area contributed by atoms with Crippen LogP contribution < -0.4 is 5.32 Å². The first kappa shape index (κ1) is 18.6. The molecule has 8 heteroatoms. The minimum absolute atomic E-state index is 0.121. The lowest BCUT2D eigenvalue weighted by molar-refractivity contribution is 0.0906. The summed E-state index contributed by atoms with van der Waals surface area (Å²) >= 11 is 0. The van der Waals surface area contributed by atoms with Gasteiger partial charge in [-0.2, -0.15) is 4.98 Å². The summed E-state index contributed by atoms with van der Waals surface area (Å²) in [5.41, 5.74) is -0.121. The van der Waals surface area contributed by atoms with Gasteiger partial charge in [0.05, 0.1) is 12.8 Å². The number of nitrogens with one attached hydrogen (secondary N) is 1. The Balaban J connectivity index is 1.36. The maximum Gasteiger partial charge on any atom is 0.287 e. The molecule has 0 radical (unpaired) electrons. The number of carbonyl (C=O) groups is 1. The van der Waals surface area contributed by atoms with Gasteiger partial charge in [0.25, 0.3) is 5.91 Å². The van der Waals surface area contributed by atoms with Crippen LogP contribution in [0.5, 0.6) is 0 Å². The molecule has 3 rings (SSSR count). The fourth-order valence-corrected chi connectivity index (χ4v) is 2.82. The molecule has 0 unspecified atom stereocenters. The molecule has 8 nitrogen and oxygen atoms in total. The molecule has 1 N–H and O–H groups in total. The van der Waals surface area contributed by atoms with Crippen molar-refractivity contribution in [3.05, 3.63) is 35.9 Å². The highest BCUT2D eigenvalue weighted by Crippen LogP contribution is 2.20. The summed E-state index contributed by atoms with van der Waals surface area (Å²) in [5, 5.41) is 6.97. The Morgan fingerprint density at radius 1 is 1.23 bits per heavy atom. The second-order valence-corrected chi connectivity index (χ2v) is 7.62. The van der Waals surface area contributed by atoms with E-state index in [0.717, 1.165) is 38.5 Å². The molecule has 0 aromatic carbocycles. The van der Waals surface area contributed by atoms with Gasteiger partial charge in [-0.3, -0.25) is 14.6 Å². The molecule has 1 amide bonds. The number of aromatic nitrogens is 2. The van der Waals surface area contributed by atoms with E-state index in [1.807, 2.05) is 0 Å². The van der Waals surface area contributed by atoms with Crippen LogP contribution in [0, 0.1) is 0 Å². The second-order valence-electron chi connectivity index (χ2n) is 7.62. The minimum Gasteiger partial charge on any atom is -0.459 e. The summed E-state index contributed by atoms with van der Waals surface area (Å²) in [7, 11) is 0. The van der Waals surface area contributed by atoms with E-state index >= 15 is 0 Å². The molecule has 3 heterocycles. The topological polar surface area (TPSA) is 87.6 Å². The van der Waals surface area contributed by atoms with E-state index in [1.54, 1.807) is 12.1 Å². The van der Waals surface area contributed by atoms with Gasteiger partial charge in [0.15, 0.2) is 11.6 Å². The van der Waals surface area contributed by atoms with Crippen LogP contribution in [0.15, 0.2) is 27.3 Å². The fourth-order valence-electron chi connectivity index (χ4n) is 2.82.